The highest BCUT2D eigenvalue weighted by Crippen LogP contribution is 2.21. The Morgan fingerprint density at radius 1 is 1.11 bits per heavy atom. The molecule has 1 unspecified atom stereocenters. The van der Waals surface area contributed by atoms with Gasteiger partial charge in [0.25, 0.3) is 0 Å². The number of benzene rings is 1. The van der Waals surface area contributed by atoms with Crippen LogP contribution >= 0.6 is 0 Å². The van der Waals surface area contributed by atoms with Crippen molar-refractivity contribution in [3.8, 4) is 0 Å². The highest BCUT2D eigenvalue weighted by Gasteiger charge is 2.21. The lowest BCUT2D eigenvalue weighted by Gasteiger charge is -2.21. The van der Waals surface area contributed by atoms with Crippen molar-refractivity contribution in [2.24, 2.45) is 10.9 Å². The summed E-state index contributed by atoms with van der Waals surface area (Å²) in [6.45, 7) is 8.41. The maximum Gasteiger partial charge on any atom is 0.227 e. The molecule has 1 amide bonds. The van der Waals surface area contributed by atoms with Gasteiger partial charge in [-0.2, -0.15) is 0 Å². The number of rotatable bonds is 7. The van der Waals surface area contributed by atoms with Gasteiger partial charge in [0, 0.05) is 45.3 Å². The predicted molar refractivity (Wildman–Crippen MR) is 111 cm³/mol. The minimum absolute atomic E-state index is 0.230. The number of hydrogen-bond donors (Lipinski definition) is 2. The molecule has 2 aliphatic heterocycles. The molecule has 2 N–H and O–H groups in total. The van der Waals surface area contributed by atoms with E-state index in [9.17, 15) is 4.79 Å². The fourth-order valence-electron chi connectivity index (χ4n) is 3.86. The zero-order valence-electron chi connectivity index (χ0n) is 16.7. The van der Waals surface area contributed by atoms with Crippen molar-refractivity contribution in [3.63, 3.8) is 0 Å². The largest absolute Gasteiger partial charge is 0.356 e. The summed E-state index contributed by atoms with van der Waals surface area (Å²) in [4.78, 5) is 20.6. The maximum absolute atomic E-state index is 11.8. The lowest BCUT2D eigenvalue weighted by Crippen LogP contribution is -2.41. The Morgan fingerprint density at radius 3 is 2.48 bits per heavy atom. The number of nitrogens with one attached hydrogen (secondary N) is 2. The minimum atomic E-state index is 0.230. The first kappa shape index (κ1) is 19.7. The van der Waals surface area contributed by atoms with E-state index in [4.69, 9.17) is 0 Å². The van der Waals surface area contributed by atoms with Crippen LogP contribution in [0.2, 0.25) is 0 Å². The standard InChI is InChI=1S/C21H33N5O/c1-17(16-25-11-3-4-12-25)14-23-21(22-2)24-15-18-7-9-19(10-8-18)26-13-5-6-20(26)27/h7-10,17H,3-6,11-16H2,1-2H3,(H2,22,23,24). The molecule has 2 aliphatic rings. The third-order valence-electron chi connectivity index (χ3n) is 5.39. The molecule has 6 nitrogen and oxygen atoms in total. The summed E-state index contributed by atoms with van der Waals surface area (Å²) in [7, 11) is 1.81. The number of carbonyl (C=O) groups is 1. The summed E-state index contributed by atoms with van der Waals surface area (Å²) in [5, 5.41) is 6.81. The molecule has 3 rings (SSSR count). The number of amides is 1. The van der Waals surface area contributed by atoms with Gasteiger partial charge in [-0.05, 0) is 56.0 Å². The second-order valence-corrected chi connectivity index (χ2v) is 7.73. The lowest BCUT2D eigenvalue weighted by atomic mass is 10.1. The van der Waals surface area contributed by atoms with Crippen LogP contribution in [0.3, 0.4) is 0 Å². The normalized spacial score (nSPS) is 19.6. The zero-order valence-corrected chi connectivity index (χ0v) is 16.7. The molecule has 2 saturated heterocycles. The molecule has 148 valence electrons. The number of nitrogens with zero attached hydrogens (tertiary/aromatic N) is 3. The third kappa shape index (κ3) is 5.70. The molecule has 0 aromatic heterocycles. The highest BCUT2D eigenvalue weighted by atomic mass is 16.2. The molecule has 0 saturated carbocycles. The molecule has 2 fully saturated rings. The molecule has 6 heteroatoms. The maximum atomic E-state index is 11.8. The summed E-state index contributed by atoms with van der Waals surface area (Å²) in [5.74, 6) is 1.66. The average molecular weight is 372 g/mol. The Labute approximate surface area is 163 Å². The summed E-state index contributed by atoms with van der Waals surface area (Å²) in [6.07, 6.45) is 4.31. The second kappa shape index (κ2) is 9.74. The van der Waals surface area contributed by atoms with E-state index in [1.165, 1.54) is 31.5 Å². The van der Waals surface area contributed by atoms with Crippen LogP contribution in [0.25, 0.3) is 0 Å². The van der Waals surface area contributed by atoms with Crippen molar-refractivity contribution in [2.75, 3.05) is 44.7 Å². The highest BCUT2D eigenvalue weighted by molar-refractivity contribution is 5.95. The molecular weight excluding hydrogens is 338 g/mol. The van der Waals surface area contributed by atoms with Gasteiger partial charge in [0.05, 0.1) is 0 Å². The molecule has 1 atom stereocenters. The van der Waals surface area contributed by atoms with Crippen molar-refractivity contribution in [1.29, 1.82) is 0 Å². The van der Waals surface area contributed by atoms with Crippen LogP contribution in [0.15, 0.2) is 29.3 Å². The first-order chi connectivity index (χ1) is 13.2. The molecule has 0 spiro atoms. The molecule has 0 bridgehead atoms. The fourth-order valence-corrected chi connectivity index (χ4v) is 3.86. The van der Waals surface area contributed by atoms with Crippen LogP contribution in [0.1, 0.15) is 38.2 Å². The van der Waals surface area contributed by atoms with Gasteiger partial charge < -0.3 is 20.4 Å². The van der Waals surface area contributed by atoms with E-state index in [-0.39, 0.29) is 5.91 Å². The van der Waals surface area contributed by atoms with Gasteiger partial charge >= 0.3 is 0 Å². The van der Waals surface area contributed by atoms with Crippen molar-refractivity contribution in [1.82, 2.24) is 15.5 Å². The molecule has 2 heterocycles. The van der Waals surface area contributed by atoms with Gasteiger partial charge in [-0.15, -0.1) is 0 Å². The smallest absolute Gasteiger partial charge is 0.227 e. The Bertz CT molecular complexity index is 636. The monoisotopic (exact) mass is 371 g/mol. The van der Waals surface area contributed by atoms with Crippen molar-refractivity contribution in [3.05, 3.63) is 29.8 Å². The molecular formula is C21H33N5O. The fraction of sp³-hybridized carbons (Fsp3) is 0.619. The van der Waals surface area contributed by atoms with E-state index in [1.807, 2.05) is 24.1 Å². The number of likely N-dealkylation sites (tertiary alicyclic amines) is 1. The average Bonchev–Trinajstić information content (AvgIpc) is 3.34. The molecule has 1 aromatic carbocycles. The number of hydrogen-bond acceptors (Lipinski definition) is 3. The van der Waals surface area contributed by atoms with Gasteiger partial charge in [0.15, 0.2) is 5.96 Å². The summed E-state index contributed by atoms with van der Waals surface area (Å²) < 4.78 is 0. The number of anilines is 1. The van der Waals surface area contributed by atoms with Crippen molar-refractivity contribution >= 4 is 17.6 Å². The Kier molecular flexibility index (Phi) is 7.10. The topological polar surface area (TPSA) is 60.0 Å². The van der Waals surface area contributed by atoms with Crippen LogP contribution in [-0.2, 0) is 11.3 Å². The van der Waals surface area contributed by atoms with E-state index in [1.54, 1.807) is 0 Å². The third-order valence-corrected chi connectivity index (χ3v) is 5.39. The van der Waals surface area contributed by atoms with Gasteiger partial charge in [-0.3, -0.25) is 9.79 Å². The number of carbonyl (C=O) groups excluding carboxylic acids is 1. The van der Waals surface area contributed by atoms with Gasteiger partial charge in [-0.25, -0.2) is 0 Å². The first-order valence-corrected chi connectivity index (χ1v) is 10.2. The van der Waals surface area contributed by atoms with E-state index in [0.717, 1.165) is 37.7 Å². The lowest BCUT2D eigenvalue weighted by molar-refractivity contribution is -0.117. The van der Waals surface area contributed by atoms with Crippen LogP contribution in [0.5, 0.6) is 0 Å². The van der Waals surface area contributed by atoms with E-state index < -0.39 is 0 Å². The SMILES string of the molecule is CN=C(NCc1ccc(N2CCCC2=O)cc1)NCC(C)CN1CCCC1. The summed E-state index contributed by atoms with van der Waals surface area (Å²) in [5.41, 5.74) is 2.18. The van der Waals surface area contributed by atoms with Crippen LogP contribution in [0, 0.1) is 5.92 Å². The van der Waals surface area contributed by atoms with E-state index in [0.29, 0.717) is 18.9 Å². The summed E-state index contributed by atoms with van der Waals surface area (Å²) in [6, 6.07) is 8.23. The summed E-state index contributed by atoms with van der Waals surface area (Å²) >= 11 is 0. The Balaban J connectivity index is 1.41. The van der Waals surface area contributed by atoms with Crippen LogP contribution in [-0.4, -0.2) is 56.5 Å². The first-order valence-electron chi connectivity index (χ1n) is 10.2. The molecule has 1 aromatic rings. The Hall–Kier alpha value is -2.08. The van der Waals surface area contributed by atoms with Gasteiger partial charge in [-0.1, -0.05) is 19.1 Å². The molecule has 0 radical (unpaired) electrons. The van der Waals surface area contributed by atoms with E-state index in [2.05, 4.69) is 39.6 Å². The van der Waals surface area contributed by atoms with E-state index >= 15 is 0 Å². The van der Waals surface area contributed by atoms with Crippen molar-refractivity contribution < 1.29 is 4.79 Å². The van der Waals surface area contributed by atoms with Crippen molar-refractivity contribution in [2.45, 2.75) is 39.2 Å². The predicted octanol–water partition coefficient (Wildman–Crippen LogP) is 2.21. The van der Waals surface area contributed by atoms with Crippen LogP contribution in [0.4, 0.5) is 5.69 Å². The van der Waals surface area contributed by atoms with Gasteiger partial charge in [0.1, 0.15) is 0 Å². The van der Waals surface area contributed by atoms with Gasteiger partial charge in [0.2, 0.25) is 5.91 Å². The Morgan fingerprint density at radius 2 is 1.85 bits per heavy atom. The zero-order chi connectivity index (χ0) is 19.1. The number of aliphatic imine (C=N–C) groups is 1. The molecule has 0 aliphatic carbocycles. The minimum Gasteiger partial charge on any atom is -0.356 e. The second-order valence-electron chi connectivity index (χ2n) is 7.73. The molecule has 27 heavy (non-hydrogen) atoms. The quantitative estimate of drug-likeness (QED) is 0.570. The number of guanidine groups is 1. The van der Waals surface area contributed by atoms with Crippen LogP contribution < -0.4 is 15.5 Å².